The lowest BCUT2D eigenvalue weighted by atomic mass is 10.1. The number of rotatable bonds is 5. The van der Waals surface area contributed by atoms with Gasteiger partial charge in [-0.05, 0) is 12.8 Å². The van der Waals surface area contributed by atoms with Crippen LogP contribution in [-0.2, 0) is 6.42 Å². The largest absolute Gasteiger partial charge is 0.339 e. The van der Waals surface area contributed by atoms with Gasteiger partial charge in [0.25, 0.3) is 11.5 Å². The van der Waals surface area contributed by atoms with Gasteiger partial charge in [0.05, 0.1) is 12.4 Å². The first-order chi connectivity index (χ1) is 9.95. The zero-order valence-electron chi connectivity index (χ0n) is 12.1. The minimum atomic E-state index is -0.463. The molecule has 0 bridgehead atoms. The summed E-state index contributed by atoms with van der Waals surface area (Å²) >= 11 is 0. The molecular weight excluding hydrogens is 274 g/mol. The van der Waals surface area contributed by atoms with Crippen molar-refractivity contribution in [2.24, 2.45) is 5.92 Å². The van der Waals surface area contributed by atoms with Crippen LogP contribution in [0.3, 0.4) is 0 Å². The van der Waals surface area contributed by atoms with Crippen LogP contribution in [0, 0.1) is 5.92 Å². The van der Waals surface area contributed by atoms with Gasteiger partial charge in [0.15, 0.2) is 5.82 Å². The van der Waals surface area contributed by atoms with E-state index in [1.807, 2.05) is 0 Å². The second-order valence-electron chi connectivity index (χ2n) is 5.15. The van der Waals surface area contributed by atoms with Crippen LogP contribution >= 0.6 is 0 Å². The number of nitrogens with zero attached hydrogens (tertiary/aromatic N) is 3. The van der Waals surface area contributed by atoms with Crippen LogP contribution in [0.4, 0.5) is 0 Å². The van der Waals surface area contributed by atoms with Crippen LogP contribution in [0.1, 0.15) is 49.0 Å². The van der Waals surface area contributed by atoms with Crippen molar-refractivity contribution in [1.82, 2.24) is 25.4 Å². The molecule has 0 saturated carbocycles. The number of aromatic amines is 1. The minimum absolute atomic E-state index is 0.0799. The maximum atomic E-state index is 12.0. The highest BCUT2D eigenvalue weighted by atomic mass is 16.5. The van der Waals surface area contributed by atoms with E-state index in [-0.39, 0.29) is 5.69 Å². The summed E-state index contributed by atoms with van der Waals surface area (Å²) in [5.41, 5.74) is -0.358. The Morgan fingerprint density at radius 2 is 2.14 bits per heavy atom. The van der Waals surface area contributed by atoms with Crippen molar-refractivity contribution >= 4 is 5.91 Å². The number of hydrogen-bond acceptors (Lipinski definition) is 6. The lowest BCUT2D eigenvalue weighted by Gasteiger charge is -2.08. The predicted molar refractivity (Wildman–Crippen MR) is 73.6 cm³/mol. The van der Waals surface area contributed by atoms with Gasteiger partial charge >= 0.3 is 0 Å². The average molecular weight is 291 g/mol. The molecule has 2 heterocycles. The van der Waals surface area contributed by atoms with E-state index in [2.05, 4.69) is 39.3 Å². The monoisotopic (exact) mass is 291 g/mol. The first kappa shape index (κ1) is 14.9. The second kappa shape index (κ2) is 6.29. The zero-order valence-corrected chi connectivity index (χ0v) is 12.1. The van der Waals surface area contributed by atoms with Gasteiger partial charge in [0.1, 0.15) is 11.7 Å². The van der Waals surface area contributed by atoms with E-state index < -0.39 is 17.5 Å². The van der Waals surface area contributed by atoms with Crippen LogP contribution < -0.4 is 10.9 Å². The Balaban J connectivity index is 2.03. The Bertz CT molecular complexity index is 676. The summed E-state index contributed by atoms with van der Waals surface area (Å²) in [6, 6.07) is -0.463. The number of carbonyl (C=O) groups is 1. The lowest BCUT2D eigenvalue weighted by Crippen LogP contribution is -2.29. The summed E-state index contributed by atoms with van der Waals surface area (Å²) < 4.78 is 5.12. The van der Waals surface area contributed by atoms with Gasteiger partial charge < -0.3 is 14.8 Å². The molecule has 21 heavy (non-hydrogen) atoms. The fraction of sp³-hybridized carbons (Fsp3) is 0.462. The van der Waals surface area contributed by atoms with Crippen molar-refractivity contribution < 1.29 is 9.32 Å². The molecule has 112 valence electrons. The van der Waals surface area contributed by atoms with Crippen molar-refractivity contribution in [3.63, 3.8) is 0 Å². The van der Waals surface area contributed by atoms with E-state index in [1.165, 1.54) is 6.20 Å². The Morgan fingerprint density at radius 1 is 1.38 bits per heavy atom. The standard InChI is InChI=1S/C13H17N5O3/c1-7(2)4-10-17-13(21-18-10)8(3)15-12(20)9-5-14-6-11(19)16-9/h5-8H,4H2,1-3H3,(H,15,20)(H,16,19). The molecule has 1 atom stereocenters. The molecule has 0 aliphatic carbocycles. The van der Waals surface area contributed by atoms with Crippen LogP contribution in [0.25, 0.3) is 0 Å². The van der Waals surface area contributed by atoms with Gasteiger partial charge in [0.2, 0.25) is 5.89 Å². The molecule has 8 nitrogen and oxygen atoms in total. The molecular formula is C13H17N5O3. The molecule has 0 aliphatic rings. The number of aromatic nitrogens is 4. The third kappa shape index (κ3) is 3.98. The molecule has 0 fully saturated rings. The molecule has 1 unspecified atom stereocenters. The number of hydrogen-bond donors (Lipinski definition) is 2. The Labute approximate surface area is 121 Å². The summed E-state index contributed by atoms with van der Waals surface area (Å²) in [6.45, 7) is 5.83. The molecule has 0 aromatic carbocycles. The Hall–Kier alpha value is -2.51. The summed E-state index contributed by atoms with van der Waals surface area (Å²) in [4.78, 5) is 33.4. The van der Waals surface area contributed by atoms with E-state index in [0.717, 1.165) is 6.20 Å². The first-order valence-electron chi connectivity index (χ1n) is 6.63. The summed E-state index contributed by atoms with van der Waals surface area (Å²) in [5.74, 6) is 0.887. The zero-order chi connectivity index (χ0) is 15.4. The van der Waals surface area contributed by atoms with E-state index >= 15 is 0 Å². The van der Waals surface area contributed by atoms with Crippen molar-refractivity contribution in [1.29, 1.82) is 0 Å². The Morgan fingerprint density at radius 3 is 2.81 bits per heavy atom. The quantitative estimate of drug-likeness (QED) is 0.843. The van der Waals surface area contributed by atoms with Crippen LogP contribution in [0.2, 0.25) is 0 Å². The van der Waals surface area contributed by atoms with Crippen molar-refractivity contribution in [3.05, 3.63) is 40.2 Å². The SMILES string of the molecule is CC(C)Cc1noc(C(C)NC(=O)c2cncc(=O)[nH]2)n1. The number of carbonyl (C=O) groups excluding carboxylic acids is 1. The number of nitrogens with one attached hydrogen (secondary N) is 2. The summed E-state index contributed by atoms with van der Waals surface area (Å²) in [6.07, 6.45) is 3.08. The highest BCUT2D eigenvalue weighted by molar-refractivity contribution is 5.92. The lowest BCUT2D eigenvalue weighted by molar-refractivity contribution is 0.0926. The minimum Gasteiger partial charge on any atom is -0.339 e. The van der Waals surface area contributed by atoms with Crippen molar-refractivity contribution in [3.8, 4) is 0 Å². The molecule has 8 heteroatoms. The molecule has 0 saturated heterocycles. The van der Waals surface area contributed by atoms with Gasteiger partial charge in [-0.1, -0.05) is 19.0 Å². The smallest absolute Gasteiger partial charge is 0.270 e. The fourth-order valence-electron chi connectivity index (χ4n) is 1.72. The molecule has 0 aliphatic heterocycles. The van der Waals surface area contributed by atoms with Crippen LogP contribution in [0.15, 0.2) is 21.7 Å². The molecule has 1 amide bonds. The highest BCUT2D eigenvalue weighted by Gasteiger charge is 2.18. The topological polar surface area (TPSA) is 114 Å². The fourth-order valence-corrected chi connectivity index (χ4v) is 1.72. The average Bonchev–Trinajstić information content (AvgIpc) is 2.86. The van der Waals surface area contributed by atoms with Gasteiger partial charge in [-0.15, -0.1) is 0 Å². The maximum Gasteiger partial charge on any atom is 0.270 e. The molecule has 2 rings (SSSR count). The maximum absolute atomic E-state index is 12.0. The van der Waals surface area contributed by atoms with Gasteiger partial charge in [-0.3, -0.25) is 14.6 Å². The number of amides is 1. The first-order valence-corrected chi connectivity index (χ1v) is 6.63. The van der Waals surface area contributed by atoms with Crippen LogP contribution in [0.5, 0.6) is 0 Å². The normalized spacial score (nSPS) is 12.4. The van der Waals surface area contributed by atoms with E-state index in [9.17, 15) is 9.59 Å². The van der Waals surface area contributed by atoms with Gasteiger partial charge in [-0.25, -0.2) is 0 Å². The van der Waals surface area contributed by atoms with E-state index in [1.54, 1.807) is 6.92 Å². The third-order valence-electron chi connectivity index (χ3n) is 2.69. The highest BCUT2D eigenvalue weighted by Crippen LogP contribution is 2.12. The Kier molecular flexibility index (Phi) is 4.46. The second-order valence-corrected chi connectivity index (χ2v) is 5.15. The molecule has 0 spiro atoms. The molecule has 2 aromatic rings. The molecule has 2 N–H and O–H groups in total. The van der Waals surface area contributed by atoms with Gasteiger partial charge in [-0.2, -0.15) is 4.98 Å². The number of H-pyrrole nitrogens is 1. The van der Waals surface area contributed by atoms with Crippen molar-refractivity contribution in [2.45, 2.75) is 33.2 Å². The van der Waals surface area contributed by atoms with E-state index in [4.69, 9.17) is 4.52 Å². The predicted octanol–water partition coefficient (Wildman–Crippen LogP) is 0.842. The summed E-state index contributed by atoms with van der Waals surface area (Å²) in [5, 5.41) is 6.53. The third-order valence-corrected chi connectivity index (χ3v) is 2.69. The molecule has 0 radical (unpaired) electrons. The summed E-state index contributed by atoms with van der Waals surface area (Å²) in [7, 11) is 0. The van der Waals surface area contributed by atoms with Crippen molar-refractivity contribution in [2.75, 3.05) is 0 Å². The van der Waals surface area contributed by atoms with Crippen LogP contribution in [-0.4, -0.2) is 26.0 Å². The van der Waals surface area contributed by atoms with Gasteiger partial charge in [0, 0.05) is 6.42 Å². The van der Waals surface area contributed by atoms with E-state index in [0.29, 0.717) is 24.1 Å². The molecule has 2 aromatic heterocycles.